The fourth-order valence-corrected chi connectivity index (χ4v) is 1.24. The summed E-state index contributed by atoms with van der Waals surface area (Å²) in [5, 5.41) is 0. The van der Waals surface area contributed by atoms with Crippen LogP contribution in [-0.2, 0) is 4.74 Å². The molecule has 0 radical (unpaired) electrons. The summed E-state index contributed by atoms with van der Waals surface area (Å²) in [5.41, 5.74) is 5.68. The van der Waals surface area contributed by atoms with Crippen LogP contribution in [0, 0.1) is 0 Å². The van der Waals surface area contributed by atoms with Crippen molar-refractivity contribution in [2.75, 3.05) is 26.7 Å². The summed E-state index contributed by atoms with van der Waals surface area (Å²) in [6.45, 7) is 9.14. The molecule has 0 fully saturated rings. The van der Waals surface area contributed by atoms with Crippen LogP contribution < -0.4 is 5.73 Å². The molecule has 86 valence electrons. The summed E-state index contributed by atoms with van der Waals surface area (Å²) in [6.07, 6.45) is 2.62. The standard InChI is InChI=1S/C11H26N2O/c1-10(2)14-9-8-13(4)7-5-6-11(3)12/h10-11H,5-9,12H2,1-4H3. The highest BCUT2D eigenvalue weighted by molar-refractivity contribution is 4.57. The second-order valence-electron chi connectivity index (χ2n) is 4.34. The molecule has 0 saturated heterocycles. The van der Waals surface area contributed by atoms with E-state index in [1.165, 1.54) is 6.42 Å². The Balaban J connectivity index is 3.23. The second-order valence-corrected chi connectivity index (χ2v) is 4.34. The first-order valence-electron chi connectivity index (χ1n) is 5.58. The van der Waals surface area contributed by atoms with Gasteiger partial charge < -0.3 is 15.4 Å². The summed E-state index contributed by atoms with van der Waals surface area (Å²) in [6, 6.07) is 0.329. The third kappa shape index (κ3) is 9.96. The van der Waals surface area contributed by atoms with Crippen LogP contribution in [-0.4, -0.2) is 43.8 Å². The first-order chi connectivity index (χ1) is 6.52. The fraction of sp³-hybridized carbons (Fsp3) is 1.00. The molecule has 1 atom stereocenters. The lowest BCUT2D eigenvalue weighted by Gasteiger charge is -2.17. The number of ether oxygens (including phenoxy) is 1. The fourth-order valence-electron chi connectivity index (χ4n) is 1.24. The number of nitrogens with two attached hydrogens (primary N) is 1. The molecule has 0 heterocycles. The Hall–Kier alpha value is -0.120. The van der Waals surface area contributed by atoms with Gasteiger partial charge in [0.15, 0.2) is 0 Å². The van der Waals surface area contributed by atoms with Gasteiger partial charge in [-0.25, -0.2) is 0 Å². The molecule has 3 heteroatoms. The molecule has 0 aromatic carbocycles. The van der Waals surface area contributed by atoms with Crippen LogP contribution >= 0.6 is 0 Å². The first-order valence-corrected chi connectivity index (χ1v) is 5.58. The molecule has 0 aliphatic carbocycles. The largest absolute Gasteiger partial charge is 0.377 e. The molecular formula is C11H26N2O. The van der Waals surface area contributed by atoms with Crippen molar-refractivity contribution in [2.24, 2.45) is 5.73 Å². The van der Waals surface area contributed by atoms with Crippen molar-refractivity contribution >= 4 is 0 Å². The molecule has 0 aromatic heterocycles. The van der Waals surface area contributed by atoms with Crippen LogP contribution in [0.4, 0.5) is 0 Å². The minimum Gasteiger partial charge on any atom is -0.377 e. The SMILES string of the molecule is CC(N)CCCN(C)CCOC(C)C. The molecule has 14 heavy (non-hydrogen) atoms. The van der Waals surface area contributed by atoms with Crippen LogP contribution in [0.1, 0.15) is 33.6 Å². The van der Waals surface area contributed by atoms with E-state index in [1.807, 2.05) is 0 Å². The van der Waals surface area contributed by atoms with E-state index in [0.29, 0.717) is 12.1 Å². The molecule has 0 aliphatic heterocycles. The van der Waals surface area contributed by atoms with E-state index >= 15 is 0 Å². The molecule has 2 N–H and O–H groups in total. The van der Waals surface area contributed by atoms with Gasteiger partial charge in [-0.15, -0.1) is 0 Å². The van der Waals surface area contributed by atoms with Gasteiger partial charge >= 0.3 is 0 Å². The van der Waals surface area contributed by atoms with Gasteiger partial charge in [-0.3, -0.25) is 0 Å². The van der Waals surface area contributed by atoms with Crippen molar-refractivity contribution in [1.29, 1.82) is 0 Å². The maximum absolute atomic E-state index is 5.68. The lowest BCUT2D eigenvalue weighted by molar-refractivity contribution is 0.0636. The van der Waals surface area contributed by atoms with Crippen molar-refractivity contribution in [3.05, 3.63) is 0 Å². The smallest absolute Gasteiger partial charge is 0.0596 e. The van der Waals surface area contributed by atoms with E-state index in [-0.39, 0.29) is 0 Å². The Morgan fingerprint density at radius 2 is 1.86 bits per heavy atom. The van der Waals surface area contributed by atoms with Crippen molar-refractivity contribution in [1.82, 2.24) is 4.90 Å². The van der Waals surface area contributed by atoms with E-state index in [0.717, 1.165) is 26.1 Å². The zero-order valence-corrected chi connectivity index (χ0v) is 10.1. The summed E-state index contributed by atoms with van der Waals surface area (Å²) in [7, 11) is 2.13. The predicted molar refractivity (Wildman–Crippen MR) is 61.5 cm³/mol. The molecule has 3 nitrogen and oxygen atoms in total. The average Bonchev–Trinajstić information content (AvgIpc) is 2.02. The normalized spacial score (nSPS) is 13.9. The quantitative estimate of drug-likeness (QED) is 0.648. The molecule has 0 amide bonds. The van der Waals surface area contributed by atoms with Crippen LogP contribution in [0.5, 0.6) is 0 Å². The first kappa shape index (κ1) is 13.9. The lowest BCUT2D eigenvalue weighted by Crippen LogP contribution is -2.26. The number of nitrogens with zero attached hydrogens (tertiary/aromatic N) is 1. The topological polar surface area (TPSA) is 38.5 Å². The summed E-state index contributed by atoms with van der Waals surface area (Å²) in [4.78, 5) is 2.30. The van der Waals surface area contributed by atoms with Gasteiger partial charge in [0, 0.05) is 12.6 Å². The molecule has 0 rings (SSSR count). The molecule has 0 spiro atoms. The van der Waals surface area contributed by atoms with Gasteiger partial charge in [0.2, 0.25) is 0 Å². The number of hydrogen-bond donors (Lipinski definition) is 1. The van der Waals surface area contributed by atoms with Crippen molar-refractivity contribution < 1.29 is 4.74 Å². The zero-order valence-electron chi connectivity index (χ0n) is 10.1. The van der Waals surface area contributed by atoms with E-state index in [1.54, 1.807) is 0 Å². The highest BCUT2D eigenvalue weighted by atomic mass is 16.5. The lowest BCUT2D eigenvalue weighted by atomic mass is 10.2. The van der Waals surface area contributed by atoms with Gasteiger partial charge in [0.1, 0.15) is 0 Å². The number of hydrogen-bond acceptors (Lipinski definition) is 3. The molecule has 0 saturated carbocycles. The summed E-state index contributed by atoms with van der Waals surface area (Å²) >= 11 is 0. The van der Waals surface area contributed by atoms with E-state index in [4.69, 9.17) is 10.5 Å². The van der Waals surface area contributed by atoms with Crippen LogP contribution in [0.3, 0.4) is 0 Å². The predicted octanol–water partition coefficient (Wildman–Crippen LogP) is 1.47. The average molecular weight is 202 g/mol. The summed E-state index contributed by atoms with van der Waals surface area (Å²) < 4.78 is 5.47. The van der Waals surface area contributed by atoms with Crippen molar-refractivity contribution in [3.8, 4) is 0 Å². The van der Waals surface area contributed by atoms with Crippen LogP contribution in [0.15, 0.2) is 0 Å². The molecule has 1 unspecified atom stereocenters. The molecule has 0 bridgehead atoms. The summed E-state index contributed by atoms with van der Waals surface area (Å²) in [5.74, 6) is 0. The van der Waals surface area contributed by atoms with Gasteiger partial charge in [0.25, 0.3) is 0 Å². The molecule has 0 aliphatic rings. The molecular weight excluding hydrogens is 176 g/mol. The maximum Gasteiger partial charge on any atom is 0.0596 e. The Morgan fingerprint density at radius 1 is 1.21 bits per heavy atom. The Kier molecular flexibility index (Phi) is 8.14. The highest BCUT2D eigenvalue weighted by Gasteiger charge is 2.00. The Labute approximate surface area is 88.6 Å². The van der Waals surface area contributed by atoms with E-state index in [2.05, 4.69) is 32.7 Å². The monoisotopic (exact) mass is 202 g/mol. The van der Waals surface area contributed by atoms with Crippen LogP contribution in [0.25, 0.3) is 0 Å². The second kappa shape index (κ2) is 8.21. The van der Waals surface area contributed by atoms with Crippen molar-refractivity contribution in [3.63, 3.8) is 0 Å². The minimum absolute atomic E-state index is 0.329. The van der Waals surface area contributed by atoms with Crippen LogP contribution in [0.2, 0.25) is 0 Å². The zero-order chi connectivity index (χ0) is 11.0. The third-order valence-electron chi connectivity index (χ3n) is 2.12. The highest BCUT2D eigenvalue weighted by Crippen LogP contribution is 1.96. The third-order valence-corrected chi connectivity index (χ3v) is 2.12. The van der Waals surface area contributed by atoms with Crippen molar-refractivity contribution in [2.45, 2.75) is 45.8 Å². The van der Waals surface area contributed by atoms with Gasteiger partial charge in [-0.05, 0) is 47.2 Å². The van der Waals surface area contributed by atoms with E-state index in [9.17, 15) is 0 Å². The van der Waals surface area contributed by atoms with Gasteiger partial charge in [0.05, 0.1) is 12.7 Å². The van der Waals surface area contributed by atoms with E-state index < -0.39 is 0 Å². The number of rotatable bonds is 8. The van der Waals surface area contributed by atoms with Gasteiger partial charge in [-0.1, -0.05) is 0 Å². The maximum atomic E-state index is 5.68. The minimum atomic E-state index is 0.329. The Bertz CT molecular complexity index is 112. The Morgan fingerprint density at radius 3 is 2.36 bits per heavy atom. The van der Waals surface area contributed by atoms with Gasteiger partial charge in [-0.2, -0.15) is 0 Å². The molecule has 0 aromatic rings. The number of likely N-dealkylation sites (N-methyl/N-ethyl adjacent to an activating group) is 1.